The van der Waals surface area contributed by atoms with Crippen LogP contribution in [0.15, 0.2) is 0 Å². The summed E-state index contributed by atoms with van der Waals surface area (Å²) in [6.07, 6.45) is 9.07. The molecule has 0 nitrogen and oxygen atoms in total. The monoisotopic (exact) mass is 182 g/mol. The van der Waals surface area contributed by atoms with Gasteiger partial charge in [0.15, 0.2) is 0 Å². The molecule has 5 atom stereocenters. The van der Waals surface area contributed by atoms with Gasteiger partial charge >= 0.3 is 0 Å². The second kappa shape index (κ2) is 2.67. The first-order valence-electron chi connectivity index (χ1n) is 5.54. The Morgan fingerprint density at radius 2 is 1.58 bits per heavy atom. The van der Waals surface area contributed by atoms with Crippen LogP contribution in [0.25, 0.3) is 0 Å². The largest absolute Gasteiger partial charge is 0.176 e. The molecule has 0 N–H and O–H groups in total. The van der Waals surface area contributed by atoms with Crippen molar-refractivity contribution in [3.8, 4) is 0 Å². The summed E-state index contributed by atoms with van der Waals surface area (Å²) >= 11 is 4.71. The number of rotatable bonds is 0. The average molecular weight is 182 g/mol. The fourth-order valence-electron chi connectivity index (χ4n) is 4.20. The standard InChI is InChI=1S/C11H18S/c12-11-6-7-5-10(11)9-4-2-1-3-8(7)9/h7-12H,1-6H2. The summed E-state index contributed by atoms with van der Waals surface area (Å²) < 4.78 is 0. The van der Waals surface area contributed by atoms with Crippen LogP contribution in [0.2, 0.25) is 0 Å². The molecule has 0 saturated heterocycles. The van der Waals surface area contributed by atoms with Crippen LogP contribution in [0.4, 0.5) is 0 Å². The van der Waals surface area contributed by atoms with E-state index in [0.29, 0.717) is 0 Å². The fraction of sp³-hybridized carbons (Fsp3) is 1.00. The second-order valence-electron chi connectivity index (χ2n) is 5.07. The maximum atomic E-state index is 4.71. The molecule has 0 spiro atoms. The maximum Gasteiger partial charge on any atom is 0.00506 e. The van der Waals surface area contributed by atoms with E-state index in [1.165, 1.54) is 32.1 Å². The van der Waals surface area contributed by atoms with Gasteiger partial charge in [0.05, 0.1) is 0 Å². The number of thiol groups is 1. The molecular formula is C11H18S. The van der Waals surface area contributed by atoms with Gasteiger partial charge in [-0.15, -0.1) is 0 Å². The van der Waals surface area contributed by atoms with Crippen molar-refractivity contribution in [1.29, 1.82) is 0 Å². The summed E-state index contributed by atoms with van der Waals surface area (Å²) in [5.74, 6) is 4.33. The first kappa shape index (κ1) is 7.73. The fourth-order valence-corrected chi connectivity index (χ4v) is 4.82. The first-order valence-corrected chi connectivity index (χ1v) is 6.06. The lowest BCUT2D eigenvalue weighted by Crippen LogP contribution is -2.30. The van der Waals surface area contributed by atoms with Crippen molar-refractivity contribution < 1.29 is 0 Å². The summed E-state index contributed by atoms with van der Waals surface area (Å²) in [5.41, 5.74) is 0. The van der Waals surface area contributed by atoms with Gasteiger partial charge in [0.1, 0.15) is 0 Å². The maximum absolute atomic E-state index is 4.71. The third kappa shape index (κ3) is 0.921. The minimum Gasteiger partial charge on any atom is -0.176 e. The zero-order valence-corrected chi connectivity index (χ0v) is 8.47. The van der Waals surface area contributed by atoms with E-state index in [1.807, 2.05) is 0 Å². The molecule has 0 aliphatic heterocycles. The Morgan fingerprint density at radius 1 is 0.833 bits per heavy atom. The lowest BCUT2D eigenvalue weighted by Gasteiger charge is -2.37. The van der Waals surface area contributed by atoms with Gasteiger partial charge < -0.3 is 0 Å². The van der Waals surface area contributed by atoms with E-state index in [-0.39, 0.29) is 0 Å². The molecule has 0 aromatic heterocycles. The van der Waals surface area contributed by atoms with Crippen molar-refractivity contribution in [1.82, 2.24) is 0 Å². The van der Waals surface area contributed by atoms with Gasteiger partial charge in [-0.2, -0.15) is 12.6 Å². The zero-order valence-electron chi connectivity index (χ0n) is 7.58. The van der Waals surface area contributed by atoms with E-state index < -0.39 is 0 Å². The number of hydrogen-bond donors (Lipinski definition) is 1. The molecule has 12 heavy (non-hydrogen) atoms. The van der Waals surface area contributed by atoms with Gasteiger partial charge in [0.25, 0.3) is 0 Å². The zero-order chi connectivity index (χ0) is 8.13. The summed E-state index contributed by atoms with van der Waals surface area (Å²) in [5, 5.41) is 0.773. The Hall–Kier alpha value is 0.350. The van der Waals surface area contributed by atoms with Gasteiger partial charge in [-0.3, -0.25) is 0 Å². The second-order valence-corrected chi connectivity index (χ2v) is 5.74. The van der Waals surface area contributed by atoms with Crippen molar-refractivity contribution in [2.24, 2.45) is 23.7 Å². The van der Waals surface area contributed by atoms with E-state index in [2.05, 4.69) is 0 Å². The third-order valence-electron chi connectivity index (χ3n) is 4.64. The molecule has 3 fully saturated rings. The lowest BCUT2D eigenvalue weighted by molar-refractivity contribution is 0.163. The van der Waals surface area contributed by atoms with E-state index in [0.717, 1.165) is 28.9 Å². The number of fused-ring (bicyclic) bond motifs is 5. The minimum atomic E-state index is 0.773. The molecule has 1 heteroatoms. The van der Waals surface area contributed by atoms with Crippen LogP contribution in [-0.2, 0) is 0 Å². The van der Waals surface area contributed by atoms with E-state index in [4.69, 9.17) is 12.6 Å². The highest BCUT2D eigenvalue weighted by atomic mass is 32.1. The quantitative estimate of drug-likeness (QED) is 0.547. The Bertz CT molecular complexity index is 187. The van der Waals surface area contributed by atoms with Gasteiger partial charge in [-0.05, 0) is 49.4 Å². The predicted molar refractivity (Wildman–Crippen MR) is 54.4 cm³/mol. The van der Waals surface area contributed by atoms with Crippen molar-refractivity contribution in [2.45, 2.75) is 43.8 Å². The normalized spacial score (nSPS) is 57.2. The molecule has 3 aliphatic rings. The van der Waals surface area contributed by atoms with Crippen molar-refractivity contribution >= 4 is 12.6 Å². The van der Waals surface area contributed by atoms with Crippen LogP contribution in [0.3, 0.4) is 0 Å². The Kier molecular flexibility index (Phi) is 1.72. The summed E-state index contributed by atoms with van der Waals surface area (Å²) in [4.78, 5) is 0. The molecule has 3 rings (SSSR count). The highest BCUT2D eigenvalue weighted by molar-refractivity contribution is 7.81. The van der Waals surface area contributed by atoms with Gasteiger partial charge in [-0.25, -0.2) is 0 Å². The molecule has 68 valence electrons. The van der Waals surface area contributed by atoms with E-state index >= 15 is 0 Å². The topological polar surface area (TPSA) is 0 Å². The van der Waals surface area contributed by atoms with Crippen molar-refractivity contribution in [2.75, 3.05) is 0 Å². The third-order valence-corrected chi connectivity index (χ3v) is 5.24. The lowest BCUT2D eigenvalue weighted by atomic mass is 9.71. The SMILES string of the molecule is SC1CC2CC1C1CCCCC21. The summed E-state index contributed by atoms with van der Waals surface area (Å²) in [6, 6.07) is 0. The van der Waals surface area contributed by atoms with Crippen LogP contribution in [-0.4, -0.2) is 5.25 Å². The van der Waals surface area contributed by atoms with Crippen LogP contribution >= 0.6 is 12.6 Å². The summed E-state index contributed by atoms with van der Waals surface area (Å²) in [7, 11) is 0. The molecule has 2 bridgehead atoms. The minimum absolute atomic E-state index is 0.773. The summed E-state index contributed by atoms with van der Waals surface area (Å²) in [6.45, 7) is 0. The Morgan fingerprint density at radius 3 is 2.42 bits per heavy atom. The van der Waals surface area contributed by atoms with Crippen LogP contribution in [0.5, 0.6) is 0 Å². The molecule has 0 amide bonds. The molecule has 0 aromatic rings. The van der Waals surface area contributed by atoms with Crippen LogP contribution in [0, 0.1) is 23.7 Å². The van der Waals surface area contributed by atoms with Crippen LogP contribution in [0.1, 0.15) is 38.5 Å². The van der Waals surface area contributed by atoms with E-state index in [9.17, 15) is 0 Å². The van der Waals surface area contributed by atoms with Gasteiger partial charge in [0.2, 0.25) is 0 Å². The molecule has 0 radical (unpaired) electrons. The average Bonchev–Trinajstić information content (AvgIpc) is 2.62. The molecule has 5 unspecified atom stereocenters. The number of hydrogen-bond acceptors (Lipinski definition) is 1. The smallest absolute Gasteiger partial charge is 0.00506 e. The van der Waals surface area contributed by atoms with Gasteiger partial charge in [-0.1, -0.05) is 12.8 Å². The molecule has 3 saturated carbocycles. The van der Waals surface area contributed by atoms with E-state index in [1.54, 1.807) is 6.42 Å². The molecule has 3 aliphatic carbocycles. The van der Waals surface area contributed by atoms with Crippen molar-refractivity contribution in [3.05, 3.63) is 0 Å². The predicted octanol–water partition coefficient (Wildman–Crippen LogP) is 3.13. The Balaban J connectivity index is 1.84. The van der Waals surface area contributed by atoms with Crippen molar-refractivity contribution in [3.63, 3.8) is 0 Å². The molecule has 0 heterocycles. The first-order chi connectivity index (χ1) is 5.86. The molecule has 0 aromatic carbocycles. The highest BCUT2D eigenvalue weighted by Gasteiger charge is 2.51. The highest BCUT2D eigenvalue weighted by Crippen LogP contribution is 2.58. The van der Waals surface area contributed by atoms with Crippen LogP contribution < -0.4 is 0 Å². The Labute approximate surface area is 80.5 Å². The molecular weight excluding hydrogens is 164 g/mol. The van der Waals surface area contributed by atoms with Gasteiger partial charge in [0, 0.05) is 5.25 Å².